The summed E-state index contributed by atoms with van der Waals surface area (Å²) in [5, 5.41) is 16.4. The van der Waals surface area contributed by atoms with E-state index in [9.17, 15) is 4.79 Å². The number of aromatic nitrogens is 3. The van der Waals surface area contributed by atoms with Crippen LogP contribution in [-0.4, -0.2) is 32.4 Å². The molecule has 0 atom stereocenters. The molecule has 0 saturated heterocycles. The van der Waals surface area contributed by atoms with E-state index in [1.54, 1.807) is 23.0 Å². The van der Waals surface area contributed by atoms with Crippen LogP contribution in [0.4, 0.5) is 5.82 Å². The van der Waals surface area contributed by atoms with Gasteiger partial charge in [-0.25, -0.2) is 9.78 Å². The van der Waals surface area contributed by atoms with Crippen molar-refractivity contribution in [2.75, 3.05) is 11.9 Å². The van der Waals surface area contributed by atoms with Crippen LogP contribution in [0.25, 0.3) is 0 Å². The number of nitrogens with zero attached hydrogens (tertiary/aromatic N) is 3. The van der Waals surface area contributed by atoms with Crippen molar-refractivity contribution in [1.82, 2.24) is 14.8 Å². The zero-order valence-corrected chi connectivity index (χ0v) is 11.4. The largest absolute Gasteiger partial charge is 0.478 e. The van der Waals surface area contributed by atoms with Crippen molar-refractivity contribution >= 4 is 11.8 Å². The molecule has 2 heterocycles. The van der Waals surface area contributed by atoms with Gasteiger partial charge in [-0.05, 0) is 24.6 Å². The third kappa shape index (κ3) is 3.81. The molecule has 0 bridgehead atoms. The Morgan fingerprint density at radius 1 is 1.45 bits per heavy atom. The van der Waals surface area contributed by atoms with Crippen LogP contribution >= 0.6 is 0 Å². The van der Waals surface area contributed by atoms with Gasteiger partial charge < -0.3 is 10.4 Å². The fraction of sp³-hybridized carbons (Fsp3) is 0.357. The Balaban J connectivity index is 2.03. The van der Waals surface area contributed by atoms with Gasteiger partial charge in [0.05, 0.1) is 12.1 Å². The lowest BCUT2D eigenvalue weighted by Crippen LogP contribution is -2.13. The van der Waals surface area contributed by atoms with Gasteiger partial charge >= 0.3 is 5.97 Å². The van der Waals surface area contributed by atoms with E-state index in [0.717, 1.165) is 18.5 Å². The van der Waals surface area contributed by atoms with Crippen LogP contribution in [-0.2, 0) is 13.0 Å². The van der Waals surface area contributed by atoms with Gasteiger partial charge in [0.1, 0.15) is 5.82 Å². The maximum absolute atomic E-state index is 11.1. The minimum Gasteiger partial charge on any atom is -0.478 e. The molecule has 6 nitrogen and oxygen atoms in total. The zero-order chi connectivity index (χ0) is 14.4. The molecule has 20 heavy (non-hydrogen) atoms. The number of pyridine rings is 1. The van der Waals surface area contributed by atoms with Gasteiger partial charge in [-0.2, -0.15) is 5.10 Å². The minimum absolute atomic E-state index is 0.269. The van der Waals surface area contributed by atoms with Crippen LogP contribution in [0.5, 0.6) is 0 Å². The summed E-state index contributed by atoms with van der Waals surface area (Å²) >= 11 is 0. The minimum atomic E-state index is -0.931. The average molecular weight is 274 g/mol. The summed E-state index contributed by atoms with van der Waals surface area (Å²) in [5.41, 5.74) is 1.07. The number of aromatic carboxylic acids is 1. The van der Waals surface area contributed by atoms with E-state index in [-0.39, 0.29) is 5.56 Å². The predicted octanol–water partition coefficient (Wildman–Crippen LogP) is 2.04. The van der Waals surface area contributed by atoms with E-state index in [4.69, 9.17) is 5.11 Å². The lowest BCUT2D eigenvalue weighted by atomic mass is 10.1. The second kappa shape index (κ2) is 6.70. The van der Waals surface area contributed by atoms with Crippen LogP contribution in [0, 0.1) is 0 Å². The summed E-state index contributed by atoms with van der Waals surface area (Å²) in [6.45, 7) is 3.39. The van der Waals surface area contributed by atoms with Crippen LogP contribution in [0.1, 0.15) is 29.4 Å². The summed E-state index contributed by atoms with van der Waals surface area (Å²) in [5.74, 6) is -0.333. The van der Waals surface area contributed by atoms with E-state index < -0.39 is 5.97 Å². The number of aryl methyl sites for hydroxylation is 1. The quantitative estimate of drug-likeness (QED) is 0.807. The van der Waals surface area contributed by atoms with Crippen molar-refractivity contribution in [1.29, 1.82) is 0 Å². The topological polar surface area (TPSA) is 80.0 Å². The monoisotopic (exact) mass is 274 g/mol. The molecular formula is C14H18N4O2. The van der Waals surface area contributed by atoms with Crippen LogP contribution < -0.4 is 5.32 Å². The van der Waals surface area contributed by atoms with Gasteiger partial charge in [0, 0.05) is 24.6 Å². The van der Waals surface area contributed by atoms with Crippen LogP contribution in [0.15, 0.2) is 30.6 Å². The van der Waals surface area contributed by atoms with E-state index in [1.807, 2.05) is 19.2 Å². The molecule has 2 aromatic heterocycles. The zero-order valence-electron chi connectivity index (χ0n) is 11.4. The molecule has 0 fully saturated rings. The van der Waals surface area contributed by atoms with E-state index in [1.165, 1.54) is 0 Å². The number of nitrogens with one attached hydrogen (secondary N) is 1. The van der Waals surface area contributed by atoms with Crippen molar-refractivity contribution in [3.63, 3.8) is 0 Å². The standard InChI is InChI=1S/C14H18N4O2/c1-2-4-12-9-11(14(19)20)10-13(17-12)15-6-8-18-7-3-5-16-18/h3,5,7,9-10H,2,4,6,8H2,1H3,(H,15,17)(H,19,20). The number of carboxylic acids is 1. The van der Waals surface area contributed by atoms with Crippen molar-refractivity contribution in [3.05, 3.63) is 41.9 Å². The highest BCUT2D eigenvalue weighted by atomic mass is 16.4. The van der Waals surface area contributed by atoms with Gasteiger partial charge in [-0.3, -0.25) is 4.68 Å². The SMILES string of the molecule is CCCc1cc(C(=O)O)cc(NCCn2cccn2)n1. The molecule has 2 rings (SSSR count). The molecule has 0 aliphatic rings. The first kappa shape index (κ1) is 14.0. The van der Waals surface area contributed by atoms with E-state index in [2.05, 4.69) is 15.4 Å². The predicted molar refractivity (Wildman–Crippen MR) is 75.9 cm³/mol. The summed E-state index contributed by atoms with van der Waals surface area (Å²) < 4.78 is 1.81. The summed E-state index contributed by atoms with van der Waals surface area (Å²) in [7, 11) is 0. The van der Waals surface area contributed by atoms with Gasteiger partial charge in [-0.1, -0.05) is 13.3 Å². The second-order valence-electron chi connectivity index (χ2n) is 4.48. The van der Waals surface area contributed by atoms with Crippen molar-refractivity contribution in [2.24, 2.45) is 0 Å². The molecule has 0 amide bonds. The van der Waals surface area contributed by atoms with Crippen molar-refractivity contribution in [2.45, 2.75) is 26.3 Å². The highest BCUT2D eigenvalue weighted by Gasteiger charge is 2.08. The molecule has 2 aromatic rings. The summed E-state index contributed by atoms with van der Waals surface area (Å²) in [6, 6.07) is 5.05. The average Bonchev–Trinajstić information content (AvgIpc) is 2.92. The van der Waals surface area contributed by atoms with Gasteiger partial charge in [0.15, 0.2) is 0 Å². The molecule has 0 radical (unpaired) electrons. The number of carboxylic acid groups (broad SMARTS) is 1. The first-order valence-electron chi connectivity index (χ1n) is 6.64. The fourth-order valence-corrected chi connectivity index (χ4v) is 1.92. The summed E-state index contributed by atoms with van der Waals surface area (Å²) in [4.78, 5) is 15.5. The van der Waals surface area contributed by atoms with Crippen molar-refractivity contribution < 1.29 is 9.90 Å². The second-order valence-corrected chi connectivity index (χ2v) is 4.48. The Bertz CT molecular complexity index is 567. The van der Waals surface area contributed by atoms with E-state index in [0.29, 0.717) is 18.9 Å². The van der Waals surface area contributed by atoms with Gasteiger partial charge in [0.25, 0.3) is 0 Å². The maximum atomic E-state index is 11.1. The normalized spacial score (nSPS) is 10.4. The molecule has 0 saturated carbocycles. The first-order valence-corrected chi connectivity index (χ1v) is 6.64. The third-order valence-electron chi connectivity index (χ3n) is 2.84. The Labute approximate surface area is 117 Å². The number of anilines is 1. The number of hydrogen-bond donors (Lipinski definition) is 2. The first-order chi connectivity index (χ1) is 9.69. The molecule has 6 heteroatoms. The number of carbonyl (C=O) groups is 1. The lowest BCUT2D eigenvalue weighted by Gasteiger charge is -2.09. The molecular weight excluding hydrogens is 256 g/mol. The Morgan fingerprint density at radius 2 is 2.30 bits per heavy atom. The molecule has 0 aromatic carbocycles. The number of hydrogen-bond acceptors (Lipinski definition) is 4. The Morgan fingerprint density at radius 3 is 2.95 bits per heavy atom. The van der Waals surface area contributed by atoms with Crippen LogP contribution in [0.2, 0.25) is 0 Å². The summed E-state index contributed by atoms with van der Waals surface area (Å²) in [6.07, 6.45) is 5.31. The Kier molecular flexibility index (Phi) is 4.70. The number of rotatable bonds is 7. The smallest absolute Gasteiger partial charge is 0.335 e. The maximum Gasteiger partial charge on any atom is 0.335 e. The fourth-order valence-electron chi connectivity index (χ4n) is 1.92. The molecule has 0 unspecified atom stereocenters. The highest BCUT2D eigenvalue weighted by molar-refractivity contribution is 5.88. The molecule has 2 N–H and O–H groups in total. The lowest BCUT2D eigenvalue weighted by molar-refractivity contribution is 0.0696. The van der Waals surface area contributed by atoms with Gasteiger partial charge in [-0.15, -0.1) is 0 Å². The highest BCUT2D eigenvalue weighted by Crippen LogP contribution is 2.12. The third-order valence-corrected chi connectivity index (χ3v) is 2.84. The van der Waals surface area contributed by atoms with Gasteiger partial charge in [0.2, 0.25) is 0 Å². The van der Waals surface area contributed by atoms with E-state index >= 15 is 0 Å². The van der Waals surface area contributed by atoms with Crippen molar-refractivity contribution in [3.8, 4) is 0 Å². The molecule has 0 spiro atoms. The molecule has 0 aliphatic carbocycles. The molecule has 106 valence electrons. The van der Waals surface area contributed by atoms with Crippen LogP contribution in [0.3, 0.4) is 0 Å². The Hall–Kier alpha value is -2.37. The molecule has 0 aliphatic heterocycles.